The number of hydrogen-bond acceptors (Lipinski definition) is 6. The largest absolute Gasteiger partial charge is 0.469 e. The van der Waals surface area contributed by atoms with Crippen molar-refractivity contribution in [3.63, 3.8) is 0 Å². The Morgan fingerprint density at radius 3 is 2.15 bits per heavy atom. The molecule has 0 radical (unpaired) electrons. The van der Waals surface area contributed by atoms with Crippen LogP contribution in [0.4, 0.5) is 0 Å². The first-order valence-corrected chi connectivity index (χ1v) is 3.40. The van der Waals surface area contributed by atoms with Crippen molar-refractivity contribution in [2.75, 3.05) is 21.3 Å². The molecule has 0 bridgehead atoms. The van der Waals surface area contributed by atoms with Gasteiger partial charge in [-0.15, -0.1) is 0 Å². The van der Waals surface area contributed by atoms with Gasteiger partial charge >= 0.3 is 11.9 Å². The molecule has 0 saturated carbocycles. The Balaban J connectivity index is 4.36. The van der Waals surface area contributed by atoms with E-state index < -0.39 is 11.9 Å². The molecule has 0 aromatic rings. The van der Waals surface area contributed by atoms with Gasteiger partial charge < -0.3 is 14.3 Å². The molecule has 0 aliphatic carbocycles. The maximum Gasteiger partial charge on any atom is 0.356 e. The predicted octanol–water partition coefficient (Wildman–Crippen LogP) is -0.275. The first-order chi connectivity index (χ1) is 6.15. The van der Waals surface area contributed by atoms with E-state index in [1.54, 1.807) is 0 Å². The molecule has 0 N–H and O–H groups in total. The minimum Gasteiger partial charge on any atom is -0.469 e. The molecule has 13 heavy (non-hydrogen) atoms. The molecule has 0 fully saturated rings. The van der Waals surface area contributed by atoms with Crippen LogP contribution in [0.5, 0.6) is 0 Å². The first-order valence-electron chi connectivity index (χ1n) is 3.40. The molecular weight excluding hydrogens is 178 g/mol. The van der Waals surface area contributed by atoms with Crippen molar-refractivity contribution < 1.29 is 23.9 Å². The fourth-order valence-electron chi connectivity index (χ4n) is 0.579. The molecule has 0 unspecified atom stereocenters. The zero-order chi connectivity index (χ0) is 10.3. The van der Waals surface area contributed by atoms with E-state index in [9.17, 15) is 9.59 Å². The molecule has 6 nitrogen and oxygen atoms in total. The second-order valence-corrected chi connectivity index (χ2v) is 1.97. The molecule has 0 spiro atoms. The van der Waals surface area contributed by atoms with Crippen LogP contribution in [0.15, 0.2) is 5.16 Å². The number of methoxy groups -OCH3 is 2. The average Bonchev–Trinajstić information content (AvgIpc) is 2.15. The lowest BCUT2D eigenvalue weighted by Gasteiger charge is -2.01. The summed E-state index contributed by atoms with van der Waals surface area (Å²) in [7, 11) is 3.66. The van der Waals surface area contributed by atoms with E-state index in [4.69, 9.17) is 0 Å². The van der Waals surface area contributed by atoms with Gasteiger partial charge in [-0.3, -0.25) is 4.79 Å². The molecule has 0 amide bonds. The van der Waals surface area contributed by atoms with Gasteiger partial charge in [-0.05, 0) is 0 Å². The summed E-state index contributed by atoms with van der Waals surface area (Å²) in [5, 5.41) is 3.32. The van der Waals surface area contributed by atoms with Crippen molar-refractivity contribution >= 4 is 17.7 Å². The van der Waals surface area contributed by atoms with Gasteiger partial charge in [0.2, 0.25) is 0 Å². The minimum absolute atomic E-state index is 0.128. The van der Waals surface area contributed by atoms with Crippen molar-refractivity contribution in [2.45, 2.75) is 6.42 Å². The molecule has 0 atom stereocenters. The van der Waals surface area contributed by atoms with Crippen molar-refractivity contribution in [3.8, 4) is 0 Å². The smallest absolute Gasteiger partial charge is 0.356 e. The van der Waals surface area contributed by atoms with Crippen molar-refractivity contribution in [3.05, 3.63) is 0 Å². The molecule has 0 aliphatic rings. The zero-order valence-corrected chi connectivity index (χ0v) is 7.70. The van der Waals surface area contributed by atoms with Crippen LogP contribution in [-0.2, 0) is 23.9 Å². The highest BCUT2D eigenvalue weighted by molar-refractivity contribution is 6.39. The average molecular weight is 189 g/mol. The van der Waals surface area contributed by atoms with Crippen molar-refractivity contribution in [2.24, 2.45) is 5.16 Å². The Hall–Kier alpha value is -1.59. The van der Waals surface area contributed by atoms with Gasteiger partial charge in [-0.1, -0.05) is 5.16 Å². The lowest BCUT2D eigenvalue weighted by Crippen LogP contribution is -2.20. The molecule has 0 aromatic heterocycles. The van der Waals surface area contributed by atoms with Gasteiger partial charge in [-0.2, -0.15) is 0 Å². The van der Waals surface area contributed by atoms with Crippen molar-refractivity contribution in [1.29, 1.82) is 0 Å². The molecule has 6 heteroatoms. The maximum atomic E-state index is 10.9. The fourth-order valence-corrected chi connectivity index (χ4v) is 0.579. The maximum absolute atomic E-state index is 10.9. The van der Waals surface area contributed by atoms with E-state index in [-0.39, 0.29) is 12.1 Å². The number of hydrogen-bond donors (Lipinski definition) is 0. The minimum atomic E-state index is -0.716. The third-order valence-electron chi connectivity index (χ3n) is 1.16. The van der Waals surface area contributed by atoms with Gasteiger partial charge in [0.25, 0.3) is 0 Å². The third kappa shape index (κ3) is 4.09. The Kier molecular flexibility index (Phi) is 5.25. The van der Waals surface area contributed by atoms with Crippen LogP contribution < -0.4 is 0 Å². The van der Waals surface area contributed by atoms with Gasteiger partial charge in [0, 0.05) is 0 Å². The number of esters is 2. The van der Waals surface area contributed by atoms with E-state index in [2.05, 4.69) is 19.5 Å². The van der Waals surface area contributed by atoms with Crippen LogP contribution in [0.25, 0.3) is 0 Å². The number of oxime groups is 1. The van der Waals surface area contributed by atoms with Gasteiger partial charge in [0.05, 0.1) is 20.6 Å². The number of carbonyl (C=O) groups is 2. The van der Waals surface area contributed by atoms with E-state index in [1.165, 1.54) is 21.3 Å². The quantitative estimate of drug-likeness (QED) is 0.345. The molecule has 0 heterocycles. The SMILES string of the molecule is CO/N=C(/CC(=O)OC)C(=O)OC. The number of rotatable bonds is 4. The van der Waals surface area contributed by atoms with Crippen LogP contribution in [0.3, 0.4) is 0 Å². The van der Waals surface area contributed by atoms with E-state index in [0.29, 0.717) is 0 Å². The van der Waals surface area contributed by atoms with Gasteiger partial charge in [0.1, 0.15) is 7.11 Å². The highest BCUT2D eigenvalue weighted by Crippen LogP contribution is 1.93. The van der Waals surface area contributed by atoms with Crippen LogP contribution >= 0.6 is 0 Å². The molecule has 0 rings (SSSR count). The molecular formula is C7H11NO5. The summed E-state index contributed by atoms with van der Waals surface area (Å²) in [5.41, 5.74) is -0.128. The zero-order valence-electron chi connectivity index (χ0n) is 7.70. The monoisotopic (exact) mass is 189 g/mol. The highest BCUT2D eigenvalue weighted by Gasteiger charge is 2.17. The summed E-state index contributed by atoms with van der Waals surface area (Å²) in [6, 6.07) is 0. The Morgan fingerprint density at radius 1 is 1.15 bits per heavy atom. The van der Waals surface area contributed by atoms with Gasteiger partial charge in [-0.25, -0.2) is 4.79 Å². The Labute approximate surface area is 75.4 Å². The summed E-state index contributed by atoms with van der Waals surface area (Å²) in [6.45, 7) is 0. The van der Waals surface area contributed by atoms with E-state index >= 15 is 0 Å². The Morgan fingerprint density at radius 2 is 1.77 bits per heavy atom. The van der Waals surface area contributed by atoms with Crippen LogP contribution in [-0.4, -0.2) is 39.0 Å². The summed E-state index contributed by atoms with van der Waals surface area (Å²) in [4.78, 5) is 26.0. The van der Waals surface area contributed by atoms with Crippen molar-refractivity contribution in [1.82, 2.24) is 0 Å². The summed E-state index contributed by atoms with van der Waals surface area (Å²) in [5.74, 6) is -1.30. The molecule has 0 aromatic carbocycles. The van der Waals surface area contributed by atoms with Crippen LogP contribution in [0, 0.1) is 0 Å². The topological polar surface area (TPSA) is 74.2 Å². The second-order valence-electron chi connectivity index (χ2n) is 1.97. The molecule has 0 saturated heterocycles. The third-order valence-corrected chi connectivity index (χ3v) is 1.16. The van der Waals surface area contributed by atoms with E-state index in [0.717, 1.165) is 0 Å². The molecule has 0 aliphatic heterocycles. The predicted molar refractivity (Wildman–Crippen MR) is 43.1 cm³/mol. The Bertz CT molecular complexity index is 223. The standard InChI is InChI=1S/C7H11NO5/c1-11-6(9)4-5(8-13-3)7(10)12-2/h4H2,1-3H3/b8-5-. The lowest BCUT2D eigenvalue weighted by molar-refractivity contribution is -0.140. The fraction of sp³-hybridized carbons (Fsp3) is 0.571. The normalized spacial score (nSPS) is 10.5. The van der Waals surface area contributed by atoms with Crippen LogP contribution in [0.1, 0.15) is 6.42 Å². The summed E-state index contributed by atoms with van der Waals surface area (Å²) >= 11 is 0. The van der Waals surface area contributed by atoms with Crippen LogP contribution in [0.2, 0.25) is 0 Å². The number of ether oxygens (including phenoxy) is 2. The van der Waals surface area contributed by atoms with E-state index in [1.807, 2.05) is 0 Å². The highest BCUT2D eigenvalue weighted by atomic mass is 16.6. The van der Waals surface area contributed by atoms with Gasteiger partial charge in [0.15, 0.2) is 5.71 Å². The lowest BCUT2D eigenvalue weighted by atomic mass is 10.3. The number of carbonyl (C=O) groups excluding carboxylic acids is 2. The molecule has 74 valence electrons. The second kappa shape index (κ2) is 5.99. The first kappa shape index (κ1) is 11.4. The summed E-state index contributed by atoms with van der Waals surface area (Å²) < 4.78 is 8.69. The number of nitrogens with zero attached hydrogens (tertiary/aromatic N) is 1. The summed E-state index contributed by atoms with van der Waals surface area (Å²) in [6.07, 6.45) is -0.267.